The summed E-state index contributed by atoms with van der Waals surface area (Å²) in [5, 5.41) is 8.76. The Morgan fingerprint density at radius 1 is 1.32 bits per heavy atom. The van der Waals surface area contributed by atoms with Gasteiger partial charge in [-0.3, -0.25) is 9.59 Å². The number of hydrogen-bond acceptors (Lipinski definition) is 3. The van der Waals surface area contributed by atoms with Crippen LogP contribution in [-0.2, 0) is 20.9 Å². The summed E-state index contributed by atoms with van der Waals surface area (Å²) in [4.78, 5) is 24.3. The van der Waals surface area contributed by atoms with Crippen LogP contribution in [0.5, 0.6) is 0 Å². The summed E-state index contributed by atoms with van der Waals surface area (Å²) in [6.45, 7) is 1.85. The second-order valence-electron chi connectivity index (χ2n) is 5.01. The molecule has 1 N–H and O–H groups in total. The fourth-order valence-corrected chi connectivity index (χ4v) is 1.99. The first kappa shape index (κ1) is 18.0. The molecule has 5 nitrogen and oxygen atoms in total. The van der Waals surface area contributed by atoms with Gasteiger partial charge in [-0.1, -0.05) is 13.0 Å². The number of amides is 1. The van der Waals surface area contributed by atoms with Gasteiger partial charge in [-0.15, -0.1) is 0 Å². The minimum absolute atomic E-state index is 0.0113. The minimum Gasteiger partial charge on any atom is -0.481 e. The van der Waals surface area contributed by atoms with E-state index >= 15 is 0 Å². The van der Waals surface area contributed by atoms with Gasteiger partial charge in [0.05, 0.1) is 18.9 Å². The van der Waals surface area contributed by atoms with Crippen molar-refractivity contribution >= 4 is 11.9 Å². The number of methoxy groups -OCH3 is 1. The summed E-state index contributed by atoms with van der Waals surface area (Å²) in [5.74, 6) is -3.77. The van der Waals surface area contributed by atoms with Crippen LogP contribution in [0.15, 0.2) is 18.2 Å². The molecule has 0 heterocycles. The van der Waals surface area contributed by atoms with Gasteiger partial charge in [0.1, 0.15) is 0 Å². The van der Waals surface area contributed by atoms with Crippen molar-refractivity contribution in [2.45, 2.75) is 19.9 Å². The summed E-state index contributed by atoms with van der Waals surface area (Å²) < 4.78 is 31.1. The number of hydrogen-bond donors (Lipinski definition) is 1. The lowest BCUT2D eigenvalue weighted by Gasteiger charge is -2.25. The molecule has 7 heteroatoms. The van der Waals surface area contributed by atoms with Gasteiger partial charge in [-0.25, -0.2) is 8.78 Å². The van der Waals surface area contributed by atoms with Crippen molar-refractivity contribution in [2.24, 2.45) is 5.92 Å². The van der Waals surface area contributed by atoms with E-state index in [0.29, 0.717) is 5.56 Å². The molecule has 0 aliphatic carbocycles. The molecule has 22 heavy (non-hydrogen) atoms. The van der Waals surface area contributed by atoms with Crippen LogP contribution < -0.4 is 0 Å². The first-order chi connectivity index (χ1) is 10.3. The largest absolute Gasteiger partial charge is 0.481 e. The third kappa shape index (κ3) is 5.40. The molecular formula is C15H19F2NO4. The van der Waals surface area contributed by atoms with Crippen LogP contribution >= 0.6 is 0 Å². The van der Waals surface area contributed by atoms with E-state index in [-0.39, 0.29) is 32.0 Å². The highest BCUT2D eigenvalue weighted by Crippen LogP contribution is 2.13. The van der Waals surface area contributed by atoms with Crippen LogP contribution in [0.25, 0.3) is 0 Å². The smallest absolute Gasteiger partial charge is 0.305 e. The Labute approximate surface area is 127 Å². The van der Waals surface area contributed by atoms with E-state index in [0.717, 1.165) is 12.1 Å². The molecule has 0 saturated heterocycles. The maximum Gasteiger partial charge on any atom is 0.305 e. The maximum atomic E-state index is 13.2. The SMILES string of the molecule is COCC(C)C(=O)N(CCC(=O)O)Cc1ccc(F)c(F)c1. The molecule has 0 aliphatic rings. The van der Waals surface area contributed by atoms with Crippen molar-refractivity contribution in [3.63, 3.8) is 0 Å². The second kappa shape index (κ2) is 8.43. The lowest BCUT2D eigenvalue weighted by Crippen LogP contribution is -2.37. The molecule has 1 rings (SSSR count). The lowest BCUT2D eigenvalue weighted by molar-refractivity contribution is -0.140. The van der Waals surface area contributed by atoms with Gasteiger partial charge in [-0.2, -0.15) is 0 Å². The van der Waals surface area contributed by atoms with E-state index in [4.69, 9.17) is 9.84 Å². The molecule has 0 saturated carbocycles. The monoisotopic (exact) mass is 315 g/mol. The molecule has 122 valence electrons. The van der Waals surface area contributed by atoms with Crippen LogP contribution in [0.3, 0.4) is 0 Å². The van der Waals surface area contributed by atoms with Crippen molar-refractivity contribution in [2.75, 3.05) is 20.3 Å². The summed E-state index contributed by atoms with van der Waals surface area (Å²) in [5.41, 5.74) is 0.391. The zero-order chi connectivity index (χ0) is 16.7. The zero-order valence-electron chi connectivity index (χ0n) is 12.5. The third-order valence-electron chi connectivity index (χ3n) is 3.10. The Morgan fingerprint density at radius 3 is 2.55 bits per heavy atom. The van der Waals surface area contributed by atoms with Gasteiger partial charge in [0.15, 0.2) is 11.6 Å². The predicted molar refractivity (Wildman–Crippen MR) is 75.1 cm³/mol. The van der Waals surface area contributed by atoms with E-state index in [1.807, 2.05) is 0 Å². The number of carboxylic acids is 1. The van der Waals surface area contributed by atoms with Gasteiger partial charge in [0, 0.05) is 20.2 Å². The highest BCUT2D eigenvalue weighted by Gasteiger charge is 2.21. The van der Waals surface area contributed by atoms with Crippen LogP contribution in [-0.4, -0.2) is 42.1 Å². The van der Waals surface area contributed by atoms with Gasteiger partial charge < -0.3 is 14.7 Å². The maximum absolute atomic E-state index is 13.2. The summed E-state index contributed by atoms with van der Waals surface area (Å²) in [7, 11) is 1.46. The highest BCUT2D eigenvalue weighted by molar-refractivity contribution is 5.79. The molecule has 1 atom stereocenters. The van der Waals surface area contributed by atoms with Gasteiger partial charge in [-0.05, 0) is 17.7 Å². The number of rotatable bonds is 8. The standard InChI is InChI=1S/C15H19F2NO4/c1-10(9-22-2)15(21)18(6-5-14(19)20)8-11-3-4-12(16)13(17)7-11/h3-4,7,10H,5-6,8-9H2,1-2H3,(H,19,20). The number of carbonyl (C=O) groups excluding carboxylic acids is 1. The molecular weight excluding hydrogens is 296 g/mol. The van der Waals surface area contributed by atoms with Crippen molar-refractivity contribution < 1.29 is 28.2 Å². The summed E-state index contributed by atoms with van der Waals surface area (Å²) in [6.07, 6.45) is -0.227. The quantitative estimate of drug-likeness (QED) is 0.797. The fraction of sp³-hybridized carbons (Fsp3) is 0.467. The molecule has 0 radical (unpaired) electrons. The molecule has 0 bridgehead atoms. The zero-order valence-corrected chi connectivity index (χ0v) is 12.5. The van der Waals surface area contributed by atoms with Crippen LogP contribution in [0.2, 0.25) is 0 Å². The van der Waals surface area contributed by atoms with E-state index in [1.54, 1.807) is 6.92 Å². The van der Waals surface area contributed by atoms with Crippen molar-refractivity contribution in [1.82, 2.24) is 4.90 Å². The van der Waals surface area contributed by atoms with E-state index in [1.165, 1.54) is 18.1 Å². The van der Waals surface area contributed by atoms with E-state index in [2.05, 4.69) is 0 Å². The normalized spacial score (nSPS) is 12.0. The van der Waals surface area contributed by atoms with Gasteiger partial charge in [0.25, 0.3) is 0 Å². The molecule has 0 fully saturated rings. The number of benzene rings is 1. The number of carboxylic acid groups (broad SMARTS) is 1. The molecule has 0 aliphatic heterocycles. The molecule has 0 aromatic heterocycles. The summed E-state index contributed by atoms with van der Waals surface area (Å²) >= 11 is 0. The average Bonchev–Trinajstić information content (AvgIpc) is 2.46. The van der Waals surface area contributed by atoms with Crippen molar-refractivity contribution in [1.29, 1.82) is 0 Å². The Kier molecular flexibility index (Phi) is 6.91. The molecule has 1 unspecified atom stereocenters. The second-order valence-corrected chi connectivity index (χ2v) is 5.01. The Morgan fingerprint density at radius 2 is 2.00 bits per heavy atom. The topological polar surface area (TPSA) is 66.8 Å². The third-order valence-corrected chi connectivity index (χ3v) is 3.10. The Hall–Kier alpha value is -2.02. The summed E-state index contributed by atoms with van der Waals surface area (Å²) in [6, 6.07) is 3.33. The molecule has 1 aromatic rings. The first-order valence-corrected chi connectivity index (χ1v) is 6.78. The van der Waals surface area contributed by atoms with Crippen molar-refractivity contribution in [3.05, 3.63) is 35.4 Å². The number of halogens is 2. The van der Waals surface area contributed by atoms with Gasteiger partial charge in [0.2, 0.25) is 5.91 Å². The van der Waals surface area contributed by atoms with E-state index < -0.39 is 23.5 Å². The lowest BCUT2D eigenvalue weighted by atomic mass is 10.1. The Bertz CT molecular complexity index is 536. The van der Waals surface area contributed by atoms with Crippen LogP contribution in [0.4, 0.5) is 8.78 Å². The highest BCUT2D eigenvalue weighted by atomic mass is 19.2. The number of aliphatic carboxylic acids is 1. The van der Waals surface area contributed by atoms with Crippen LogP contribution in [0, 0.1) is 17.6 Å². The van der Waals surface area contributed by atoms with E-state index in [9.17, 15) is 18.4 Å². The van der Waals surface area contributed by atoms with Crippen LogP contribution in [0.1, 0.15) is 18.9 Å². The van der Waals surface area contributed by atoms with Crippen molar-refractivity contribution in [3.8, 4) is 0 Å². The fourth-order valence-electron chi connectivity index (χ4n) is 1.99. The number of carbonyl (C=O) groups is 2. The average molecular weight is 315 g/mol. The predicted octanol–water partition coefficient (Wildman–Crippen LogP) is 2.05. The minimum atomic E-state index is -1.04. The Balaban J connectivity index is 2.86. The molecule has 1 amide bonds. The number of ether oxygens (including phenoxy) is 1. The molecule has 1 aromatic carbocycles. The molecule has 0 spiro atoms. The van der Waals surface area contributed by atoms with Gasteiger partial charge >= 0.3 is 5.97 Å². The first-order valence-electron chi connectivity index (χ1n) is 6.78. The number of nitrogens with zero attached hydrogens (tertiary/aromatic N) is 1.